The van der Waals surface area contributed by atoms with Gasteiger partial charge in [-0.1, -0.05) is 6.92 Å². The van der Waals surface area contributed by atoms with Crippen molar-refractivity contribution in [2.45, 2.75) is 31.7 Å². The average molecular weight is 258 g/mol. The van der Waals surface area contributed by atoms with E-state index in [9.17, 15) is 8.42 Å². The molecule has 2 rings (SSSR count). The first-order chi connectivity index (χ1) is 7.98. The molecular formula is C10H18N4O2S. The third-order valence-corrected chi connectivity index (χ3v) is 5.40. The summed E-state index contributed by atoms with van der Waals surface area (Å²) in [5.41, 5.74) is 1.14. The minimum atomic E-state index is -3.43. The van der Waals surface area contributed by atoms with Gasteiger partial charge >= 0.3 is 0 Å². The second-order valence-electron chi connectivity index (χ2n) is 4.28. The van der Waals surface area contributed by atoms with Gasteiger partial charge < -0.3 is 5.32 Å². The molecule has 1 saturated heterocycles. The fourth-order valence-electron chi connectivity index (χ4n) is 2.14. The number of hydrogen-bond acceptors (Lipinski definition) is 4. The van der Waals surface area contributed by atoms with Crippen LogP contribution in [0.1, 0.15) is 18.3 Å². The molecule has 1 aliphatic heterocycles. The highest BCUT2D eigenvalue weighted by Crippen LogP contribution is 2.24. The van der Waals surface area contributed by atoms with Gasteiger partial charge in [-0.2, -0.15) is 9.40 Å². The number of likely N-dealkylation sites (N-methyl/N-ethyl adjacent to an activating group) is 1. The summed E-state index contributed by atoms with van der Waals surface area (Å²) < 4.78 is 26.6. The maximum Gasteiger partial charge on any atom is 0.247 e. The first-order valence-electron chi connectivity index (χ1n) is 5.72. The summed E-state index contributed by atoms with van der Waals surface area (Å²) in [5.74, 6) is 0. The molecule has 0 aliphatic carbocycles. The third kappa shape index (κ3) is 1.98. The molecule has 7 heteroatoms. The molecule has 0 unspecified atom stereocenters. The zero-order valence-electron chi connectivity index (χ0n) is 10.3. The number of aromatic nitrogens is 2. The van der Waals surface area contributed by atoms with Crippen molar-refractivity contribution >= 4 is 10.0 Å². The predicted molar refractivity (Wildman–Crippen MR) is 64.3 cm³/mol. The van der Waals surface area contributed by atoms with E-state index in [0.717, 1.165) is 13.1 Å². The van der Waals surface area contributed by atoms with Gasteiger partial charge in [0, 0.05) is 19.6 Å². The summed E-state index contributed by atoms with van der Waals surface area (Å²) in [7, 11) is -3.43. The van der Waals surface area contributed by atoms with Crippen molar-refractivity contribution in [1.82, 2.24) is 19.8 Å². The van der Waals surface area contributed by atoms with Crippen LogP contribution in [0.4, 0.5) is 0 Å². The number of rotatable bonds is 4. The summed E-state index contributed by atoms with van der Waals surface area (Å²) in [5, 5.41) is 9.77. The largest absolute Gasteiger partial charge is 0.313 e. The van der Waals surface area contributed by atoms with Crippen molar-refractivity contribution in [1.29, 1.82) is 0 Å². The lowest BCUT2D eigenvalue weighted by molar-refractivity contribution is 0.249. The van der Waals surface area contributed by atoms with Crippen molar-refractivity contribution in [2.24, 2.45) is 0 Å². The zero-order valence-corrected chi connectivity index (χ0v) is 11.1. The van der Waals surface area contributed by atoms with Gasteiger partial charge in [-0.15, -0.1) is 0 Å². The normalized spacial score (nSPS) is 17.4. The molecular weight excluding hydrogens is 240 g/mol. The SMILES string of the molecule is CCN(C1CNC1)S(=O)(=O)c1c(C)n[nH]c1C. The minimum Gasteiger partial charge on any atom is -0.313 e. The van der Waals surface area contributed by atoms with E-state index in [0.29, 0.717) is 22.8 Å². The van der Waals surface area contributed by atoms with E-state index in [1.807, 2.05) is 6.92 Å². The van der Waals surface area contributed by atoms with Crippen molar-refractivity contribution in [3.8, 4) is 0 Å². The Kier molecular flexibility index (Phi) is 3.24. The molecule has 96 valence electrons. The number of aromatic amines is 1. The third-order valence-electron chi connectivity index (χ3n) is 3.11. The smallest absolute Gasteiger partial charge is 0.247 e. The Labute approximate surface area is 101 Å². The average Bonchev–Trinajstić information content (AvgIpc) is 2.51. The lowest BCUT2D eigenvalue weighted by atomic mass is 10.2. The summed E-state index contributed by atoms with van der Waals surface area (Å²) >= 11 is 0. The van der Waals surface area contributed by atoms with Crippen LogP contribution in [-0.4, -0.2) is 48.6 Å². The zero-order chi connectivity index (χ0) is 12.6. The van der Waals surface area contributed by atoms with E-state index in [2.05, 4.69) is 15.5 Å². The lowest BCUT2D eigenvalue weighted by Crippen LogP contribution is -2.58. The van der Waals surface area contributed by atoms with Crippen LogP contribution >= 0.6 is 0 Å². The van der Waals surface area contributed by atoms with Crippen LogP contribution in [-0.2, 0) is 10.0 Å². The highest BCUT2D eigenvalue weighted by molar-refractivity contribution is 7.89. The van der Waals surface area contributed by atoms with Crippen molar-refractivity contribution in [2.75, 3.05) is 19.6 Å². The van der Waals surface area contributed by atoms with Crippen molar-refractivity contribution < 1.29 is 8.42 Å². The Morgan fingerprint density at radius 1 is 1.41 bits per heavy atom. The van der Waals surface area contributed by atoms with E-state index in [1.165, 1.54) is 0 Å². The van der Waals surface area contributed by atoms with E-state index >= 15 is 0 Å². The number of nitrogens with one attached hydrogen (secondary N) is 2. The standard InChI is InChI=1S/C10H18N4O2S/c1-4-14(9-5-11-6-9)17(15,16)10-7(2)12-13-8(10)3/h9,11H,4-6H2,1-3H3,(H,12,13). The summed E-state index contributed by atoms with van der Waals surface area (Å²) in [6, 6.07) is 0.0682. The molecule has 6 nitrogen and oxygen atoms in total. The number of aryl methyl sites for hydroxylation is 2. The van der Waals surface area contributed by atoms with Crippen LogP contribution in [0.15, 0.2) is 4.90 Å². The van der Waals surface area contributed by atoms with Gasteiger partial charge in [0.25, 0.3) is 0 Å². The number of nitrogens with zero attached hydrogens (tertiary/aromatic N) is 2. The Morgan fingerprint density at radius 2 is 2.06 bits per heavy atom. The topological polar surface area (TPSA) is 78.1 Å². The minimum absolute atomic E-state index is 0.0682. The molecule has 0 spiro atoms. The van der Waals surface area contributed by atoms with Crippen molar-refractivity contribution in [3.05, 3.63) is 11.4 Å². The molecule has 1 fully saturated rings. The van der Waals surface area contributed by atoms with E-state index in [4.69, 9.17) is 0 Å². The first kappa shape index (κ1) is 12.5. The quantitative estimate of drug-likeness (QED) is 0.797. The Bertz CT molecular complexity index is 485. The maximum absolute atomic E-state index is 12.5. The molecule has 1 aliphatic rings. The highest BCUT2D eigenvalue weighted by atomic mass is 32.2. The monoisotopic (exact) mass is 258 g/mol. The summed E-state index contributed by atoms with van der Waals surface area (Å²) in [4.78, 5) is 0.325. The molecule has 0 amide bonds. The van der Waals surface area contributed by atoms with Gasteiger partial charge in [-0.3, -0.25) is 5.10 Å². The molecule has 2 heterocycles. The van der Waals surface area contributed by atoms with Gasteiger partial charge in [0.05, 0.1) is 17.4 Å². The van der Waals surface area contributed by atoms with Gasteiger partial charge in [0.2, 0.25) is 10.0 Å². The molecule has 0 bridgehead atoms. The van der Waals surface area contributed by atoms with Crippen molar-refractivity contribution in [3.63, 3.8) is 0 Å². The molecule has 1 aromatic rings. The second-order valence-corrected chi connectivity index (χ2v) is 6.11. The Morgan fingerprint density at radius 3 is 2.41 bits per heavy atom. The van der Waals surface area contributed by atoms with Crippen LogP contribution in [0.5, 0.6) is 0 Å². The first-order valence-corrected chi connectivity index (χ1v) is 7.16. The highest BCUT2D eigenvalue weighted by Gasteiger charge is 2.36. The summed E-state index contributed by atoms with van der Waals surface area (Å²) in [6.07, 6.45) is 0. The lowest BCUT2D eigenvalue weighted by Gasteiger charge is -2.36. The molecule has 0 radical (unpaired) electrons. The fourth-order valence-corrected chi connectivity index (χ4v) is 4.11. The van der Waals surface area contributed by atoms with Crippen LogP contribution in [0, 0.1) is 13.8 Å². The number of H-pyrrole nitrogens is 1. The van der Waals surface area contributed by atoms with E-state index in [1.54, 1.807) is 18.2 Å². The van der Waals surface area contributed by atoms with E-state index < -0.39 is 10.0 Å². The molecule has 2 N–H and O–H groups in total. The van der Waals surface area contributed by atoms with Gasteiger partial charge in [-0.25, -0.2) is 8.42 Å². The predicted octanol–water partition coefficient (Wildman–Crippen LogP) is 0.00894. The second kappa shape index (κ2) is 4.40. The maximum atomic E-state index is 12.5. The van der Waals surface area contributed by atoms with Crippen LogP contribution in [0.25, 0.3) is 0 Å². The molecule has 1 aromatic heterocycles. The van der Waals surface area contributed by atoms with Crippen LogP contribution < -0.4 is 5.32 Å². The Balaban J connectivity index is 2.41. The van der Waals surface area contributed by atoms with E-state index in [-0.39, 0.29) is 6.04 Å². The number of sulfonamides is 1. The number of hydrogen-bond donors (Lipinski definition) is 2. The molecule has 0 saturated carbocycles. The summed E-state index contributed by atoms with van der Waals surface area (Å²) in [6.45, 7) is 7.24. The van der Waals surface area contributed by atoms with Gasteiger partial charge in [0.1, 0.15) is 4.90 Å². The van der Waals surface area contributed by atoms with Crippen LogP contribution in [0.3, 0.4) is 0 Å². The van der Waals surface area contributed by atoms with Gasteiger partial charge in [0.15, 0.2) is 0 Å². The van der Waals surface area contributed by atoms with Gasteiger partial charge in [-0.05, 0) is 13.8 Å². The molecule has 17 heavy (non-hydrogen) atoms. The molecule has 0 atom stereocenters. The fraction of sp³-hybridized carbons (Fsp3) is 0.700. The Hall–Kier alpha value is -0.920. The van der Waals surface area contributed by atoms with Crippen LogP contribution in [0.2, 0.25) is 0 Å². The molecule has 0 aromatic carbocycles.